The van der Waals surface area contributed by atoms with E-state index < -0.39 is 0 Å². The number of piperidine rings is 1. The van der Waals surface area contributed by atoms with Crippen molar-refractivity contribution >= 4 is 11.6 Å². The van der Waals surface area contributed by atoms with E-state index in [9.17, 15) is 4.79 Å². The quantitative estimate of drug-likeness (QED) is 0.379. The summed E-state index contributed by atoms with van der Waals surface area (Å²) in [5.74, 6) is 2.46. The molecule has 3 aromatic heterocycles. The van der Waals surface area contributed by atoms with Crippen LogP contribution in [-0.2, 0) is 19.4 Å². The number of rotatable bonds is 7. The molecule has 2 aliphatic rings. The van der Waals surface area contributed by atoms with Crippen LogP contribution in [0.2, 0.25) is 0 Å². The number of carbonyl (C=O) groups is 1. The lowest BCUT2D eigenvalue weighted by molar-refractivity contribution is 0.0691. The van der Waals surface area contributed by atoms with Crippen LogP contribution in [0.1, 0.15) is 69.9 Å². The van der Waals surface area contributed by atoms with Crippen molar-refractivity contribution in [3.63, 3.8) is 0 Å². The van der Waals surface area contributed by atoms with E-state index in [1.807, 2.05) is 22.7 Å². The summed E-state index contributed by atoms with van der Waals surface area (Å²) in [5, 5.41) is 13.1. The second-order valence-electron chi connectivity index (χ2n) is 10.9. The molecule has 1 aromatic carbocycles. The van der Waals surface area contributed by atoms with Crippen molar-refractivity contribution in [3.05, 3.63) is 76.3 Å². The van der Waals surface area contributed by atoms with Gasteiger partial charge in [0.1, 0.15) is 17.7 Å². The zero-order valence-corrected chi connectivity index (χ0v) is 22.0. The summed E-state index contributed by atoms with van der Waals surface area (Å²) in [6.07, 6.45) is 9.92. The van der Waals surface area contributed by atoms with Crippen LogP contribution in [0.5, 0.6) is 0 Å². The lowest BCUT2D eigenvalue weighted by Gasteiger charge is -2.31. The van der Waals surface area contributed by atoms with Gasteiger partial charge in [-0.3, -0.25) is 4.79 Å². The van der Waals surface area contributed by atoms with Gasteiger partial charge >= 0.3 is 0 Å². The molecule has 4 aromatic rings. The first-order valence-electron chi connectivity index (χ1n) is 13.5. The Balaban J connectivity index is 1.15. The van der Waals surface area contributed by atoms with Gasteiger partial charge in [-0.2, -0.15) is 5.10 Å². The fourth-order valence-electron chi connectivity index (χ4n) is 5.65. The molecule has 1 aliphatic heterocycles. The van der Waals surface area contributed by atoms with Crippen LogP contribution in [0, 0.1) is 32.6 Å². The van der Waals surface area contributed by atoms with Crippen molar-refractivity contribution in [1.29, 1.82) is 0 Å². The highest BCUT2D eigenvalue weighted by molar-refractivity contribution is 5.99. The number of hydrogen-bond acceptors (Lipinski definition) is 5. The van der Waals surface area contributed by atoms with Crippen molar-refractivity contribution in [2.45, 2.75) is 65.8 Å². The fraction of sp³-hybridized carbons (Fsp3) is 0.483. The molecular formula is C29H35N7O. The van der Waals surface area contributed by atoms with E-state index in [0.29, 0.717) is 17.1 Å². The van der Waals surface area contributed by atoms with Crippen molar-refractivity contribution in [2.75, 3.05) is 13.1 Å². The van der Waals surface area contributed by atoms with E-state index in [0.717, 1.165) is 68.4 Å². The molecule has 0 atom stereocenters. The number of amides is 1. The molecule has 0 bridgehead atoms. The molecule has 2 fully saturated rings. The van der Waals surface area contributed by atoms with Crippen molar-refractivity contribution in [2.24, 2.45) is 11.8 Å². The van der Waals surface area contributed by atoms with Gasteiger partial charge in [-0.05, 0) is 75.0 Å². The standard InChI is InChI=1S/C29H35N7O/c1-19-6-4-5-7-24(19)15-25-20(2)32-28-26(16-31-36(28)21(25)3)29(37)34-12-10-22(11-13-34)14-27-33-30-18-35(27)17-23-8-9-23/h4-7,16,18,22-23H,8-15,17H2,1-3H3. The van der Waals surface area contributed by atoms with Gasteiger partial charge in [0.05, 0.1) is 6.20 Å². The van der Waals surface area contributed by atoms with Gasteiger partial charge in [0.2, 0.25) is 0 Å². The van der Waals surface area contributed by atoms with E-state index in [-0.39, 0.29) is 5.91 Å². The average molecular weight is 498 g/mol. The molecular weight excluding hydrogens is 462 g/mol. The molecule has 1 saturated carbocycles. The summed E-state index contributed by atoms with van der Waals surface area (Å²) >= 11 is 0. The van der Waals surface area contributed by atoms with E-state index >= 15 is 0 Å². The topological polar surface area (TPSA) is 81.2 Å². The highest BCUT2D eigenvalue weighted by atomic mass is 16.2. The molecule has 192 valence electrons. The molecule has 0 N–H and O–H groups in total. The third-order valence-electron chi connectivity index (χ3n) is 8.29. The lowest BCUT2D eigenvalue weighted by atomic mass is 9.93. The SMILES string of the molecule is Cc1ccccc1Cc1c(C)nc2c(C(=O)N3CCC(Cc4nncn4CC4CC4)CC3)cnn2c1C. The second-order valence-corrected chi connectivity index (χ2v) is 10.9. The van der Waals surface area contributed by atoms with Crippen LogP contribution in [-0.4, -0.2) is 53.3 Å². The first kappa shape index (κ1) is 23.8. The number of aryl methyl sites for hydroxylation is 3. The highest BCUT2D eigenvalue weighted by Gasteiger charge is 2.29. The smallest absolute Gasteiger partial charge is 0.259 e. The van der Waals surface area contributed by atoms with Crippen LogP contribution >= 0.6 is 0 Å². The molecule has 8 nitrogen and oxygen atoms in total. The number of fused-ring (bicyclic) bond motifs is 1. The van der Waals surface area contributed by atoms with Crippen LogP contribution in [0.3, 0.4) is 0 Å². The van der Waals surface area contributed by atoms with Gasteiger partial charge < -0.3 is 9.47 Å². The third kappa shape index (κ3) is 4.77. The summed E-state index contributed by atoms with van der Waals surface area (Å²) in [6.45, 7) is 8.80. The van der Waals surface area contributed by atoms with E-state index in [2.05, 4.69) is 58.0 Å². The second kappa shape index (κ2) is 9.72. The van der Waals surface area contributed by atoms with Gasteiger partial charge in [-0.25, -0.2) is 9.50 Å². The molecule has 0 spiro atoms. The molecule has 0 unspecified atom stereocenters. The number of hydrogen-bond donors (Lipinski definition) is 0. The first-order chi connectivity index (χ1) is 18.0. The maximum Gasteiger partial charge on any atom is 0.259 e. The van der Waals surface area contributed by atoms with Crippen LogP contribution < -0.4 is 0 Å². The normalized spacial score (nSPS) is 16.6. The summed E-state index contributed by atoms with van der Waals surface area (Å²) in [6, 6.07) is 8.44. The van der Waals surface area contributed by atoms with Crippen molar-refractivity contribution < 1.29 is 4.79 Å². The van der Waals surface area contributed by atoms with E-state index in [4.69, 9.17) is 4.98 Å². The molecule has 1 amide bonds. The Morgan fingerprint density at radius 3 is 2.57 bits per heavy atom. The maximum atomic E-state index is 13.5. The molecule has 6 rings (SSSR count). The Labute approximate surface area is 217 Å². The minimum absolute atomic E-state index is 0.0308. The average Bonchev–Trinajstić information content (AvgIpc) is 3.45. The first-order valence-corrected chi connectivity index (χ1v) is 13.5. The minimum atomic E-state index is 0.0308. The Morgan fingerprint density at radius 2 is 1.81 bits per heavy atom. The zero-order chi connectivity index (χ0) is 25.5. The molecule has 1 aliphatic carbocycles. The number of carbonyl (C=O) groups excluding carboxylic acids is 1. The summed E-state index contributed by atoms with van der Waals surface area (Å²) < 4.78 is 4.07. The molecule has 0 radical (unpaired) electrons. The van der Waals surface area contributed by atoms with Crippen molar-refractivity contribution in [3.8, 4) is 0 Å². The van der Waals surface area contributed by atoms with Gasteiger partial charge in [0, 0.05) is 43.9 Å². The van der Waals surface area contributed by atoms with E-state index in [1.165, 1.54) is 29.5 Å². The summed E-state index contributed by atoms with van der Waals surface area (Å²) in [5.41, 5.74) is 6.96. The van der Waals surface area contributed by atoms with E-state index in [1.54, 1.807) is 6.20 Å². The predicted molar refractivity (Wildman–Crippen MR) is 142 cm³/mol. The zero-order valence-electron chi connectivity index (χ0n) is 22.0. The van der Waals surface area contributed by atoms with Gasteiger partial charge in [-0.15, -0.1) is 10.2 Å². The Hall–Kier alpha value is -3.55. The Morgan fingerprint density at radius 1 is 1.03 bits per heavy atom. The highest BCUT2D eigenvalue weighted by Crippen LogP contribution is 2.31. The summed E-state index contributed by atoms with van der Waals surface area (Å²) in [4.78, 5) is 20.4. The third-order valence-corrected chi connectivity index (χ3v) is 8.29. The number of nitrogens with zero attached hydrogens (tertiary/aromatic N) is 7. The Bertz CT molecular complexity index is 1440. The van der Waals surface area contributed by atoms with Gasteiger partial charge in [0.15, 0.2) is 5.65 Å². The molecule has 1 saturated heterocycles. The Kier molecular flexibility index (Phi) is 6.26. The van der Waals surface area contributed by atoms with Crippen LogP contribution in [0.4, 0.5) is 0 Å². The fourth-order valence-corrected chi connectivity index (χ4v) is 5.65. The van der Waals surface area contributed by atoms with Crippen LogP contribution in [0.25, 0.3) is 5.65 Å². The molecule has 8 heteroatoms. The summed E-state index contributed by atoms with van der Waals surface area (Å²) in [7, 11) is 0. The van der Waals surface area contributed by atoms with Crippen molar-refractivity contribution in [1.82, 2.24) is 34.3 Å². The van der Waals surface area contributed by atoms with Gasteiger partial charge in [0.25, 0.3) is 5.91 Å². The minimum Gasteiger partial charge on any atom is -0.338 e. The number of likely N-dealkylation sites (tertiary alicyclic amines) is 1. The largest absolute Gasteiger partial charge is 0.338 e. The number of aromatic nitrogens is 6. The lowest BCUT2D eigenvalue weighted by Crippen LogP contribution is -2.39. The molecule has 37 heavy (non-hydrogen) atoms. The number of benzene rings is 1. The maximum absolute atomic E-state index is 13.5. The molecule has 4 heterocycles. The van der Waals surface area contributed by atoms with Gasteiger partial charge in [-0.1, -0.05) is 24.3 Å². The monoisotopic (exact) mass is 497 g/mol. The van der Waals surface area contributed by atoms with Crippen LogP contribution in [0.15, 0.2) is 36.8 Å². The predicted octanol–water partition coefficient (Wildman–Crippen LogP) is 4.34.